The predicted octanol–water partition coefficient (Wildman–Crippen LogP) is 15.0. The second kappa shape index (κ2) is 12.1. The molecular formula is C54H33N3S. The second-order valence-corrected chi connectivity index (χ2v) is 16.4. The van der Waals surface area contributed by atoms with E-state index in [0.717, 1.165) is 5.69 Å². The molecule has 3 nitrogen and oxygen atoms in total. The van der Waals surface area contributed by atoms with Crippen LogP contribution in [0, 0.1) is 0 Å². The number of benzene rings is 9. The van der Waals surface area contributed by atoms with E-state index in [9.17, 15) is 0 Å². The summed E-state index contributed by atoms with van der Waals surface area (Å²) in [5.41, 5.74) is 13.2. The molecule has 0 saturated heterocycles. The molecule has 9 aromatic carbocycles. The number of thiophene rings is 1. The van der Waals surface area contributed by atoms with E-state index in [4.69, 9.17) is 0 Å². The molecule has 0 bridgehead atoms. The van der Waals surface area contributed by atoms with Crippen molar-refractivity contribution in [3.05, 3.63) is 200 Å². The van der Waals surface area contributed by atoms with Crippen LogP contribution in [-0.2, 0) is 0 Å². The Kier molecular flexibility index (Phi) is 6.60. The Balaban J connectivity index is 1.02. The summed E-state index contributed by atoms with van der Waals surface area (Å²) < 4.78 is 9.95. The minimum absolute atomic E-state index is 1.15. The molecule has 0 aliphatic heterocycles. The Morgan fingerprint density at radius 1 is 0.276 bits per heavy atom. The van der Waals surface area contributed by atoms with Crippen LogP contribution in [0.25, 0.3) is 114 Å². The molecule has 58 heavy (non-hydrogen) atoms. The number of aromatic nitrogens is 3. The zero-order valence-corrected chi connectivity index (χ0v) is 32.1. The molecule has 0 atom stereocenters. The molecule has 0 fully saturated rings. The zero-order valence-electron chi connectivity index (χ0n) is 31.3. The van der Waals surface area contributed by atoms with Gasteiger partial charge in [-0.3, -0.25) is 0 Å². The van der Waals surface area contributed by atoms with E-state index in [1.165, 1.54) is 108 Å². The van der Waals surface area contributed by atoms with Crippen LogP contribution in [0.1, 0.15) is 0 Å². The van der Waals surface area contributed by atoms with Gasteiger partial charge in [0, 0.05) is 59.2 Å². The second-order valence-electron chi connectivity index (χ2n) is 15.3. The molecule has 0 radical (unpaired) electrons. The molecule has 0 unspecified atom stereocenters. The van der Waals surface area contributed by atoms with Crippen molar-refractivity contribution in [3.8, 4) is 28.2 Å². The fraction of sp³-hybridized carbons (Fsp3) is 0. The van der Waals surface area contributed by atoms with Gasteiger partial charge in [0.05, 0.1) is 43.5 Å². The number of hydrogen-bond donors (Lipinski definition) is 0. The van der Waals surface area contributed by atoms with Crippen molar-refractivity contribution in [1.29, 1.82) is 0 Å². The van der Waals surface area contributed by atoms with Crippen molar-refractivity contribution in [2.24, 2.45) is 0 Å². The third-order valence-corrected chi connectivity index (χ3v) is 13.4. The van der Waals surface area contributed by atoms with Crippen molar-refractivity contribution in [2.75, 3.05) is 0 Å². The standard InChI is InChI=1S/C54H33N3S/c1-2-13-36(14-3-1)55-47-21-9-5-16-39(47)44-31-34(26-29-49(44)55)35-25-28-41-38-15-4-8-20-46(38)56(52(41)32-35)37-27-30-50-45(33-37)40-17-6-10-22-48(40)57(50)51-23-12-19-43-42-18-7-11-24-53(42)58-54(43)51/h1-33H. The molecule has 0 N–H and O–H groups in total. The Hall–Kier alpha value is -7.40. The molecule has 0 saturated carbocycles. The van der Waals surface area contributed by atoms with Crippen molar-refractivity contribution >= 4 is 96.9 Å². The fourth-order valence-corrected chi connectivity index (χ4v) is 10.9. The van der Waals surface area contributed by atoms with E-state index < -0.39 is 0 Å². The van der Waals surface area contributed by atoms with E-state index in [1.54, 1.807) is 0 Å². The lowest BCUT2D eigenvalue weighted by Gasteiger charge is -2.12. The molecular weight excluding hydrogens is 723 g/mol. The molecule has 0 aliphatic rings. The molecule has 13 aromatic rings. The van der Waals surface area contributed by atoms with E-state index >= 15 is 0 Å². The number of para-hydroxylation sites is 4. The van der Waals surface area contributed by atoms with E-state index in [2.05, 4.69) is 214 Å². The summed E-state index contributed by atoms with van der Waals surface area (Å²) in [5.74, 6) is 0. The number of rotatable bonds is 4. The summed E-state index contributed by atoms with van der Waals surface area (Å²) in [7, 11) is 0. The first-order valence-electron chi connectivity index (χ1n) is 19.8. The molecule has 0 spiro atoms. The third kappa shape index (κ3) is 4.43. The Morgan fingerprint density at radius 2 is 0.793 bits per heavy atom. The largest absolute Gasteiger partial charge is 0.309 e. The Bertz CT molecular complexity index is 3800. The van der Waals surface area contributed by atoms with Gasteiger partial charge >= 0.3 is 0 Å². The number of fused-ring (bicyclic) bond motifs is 12. The van der Waals surface area contributed by atoms with Crippen LogP contribution in [0.15, 0.2) is 200 Å². The van der Waals surface area contributed by atoms with Gasteiger partial charge in [-0.05, 0) is 90.0 Å². The van der Waals surface area contributed by atoms with Gasteiger partial charge in [-0.1, -0.05) is 121 Å². The van der Waals surface area contributed by atoms with Crippen LogP contribution in [0.5, 0.6) is 0 Å². The van der Waals surface area contributed by atoms with Crippen LogP contribution >= 0.6 is 11.3 Å². The Morgan fingerprint density at radius 3 is 1.57 bits per heavy atom. The Labute approximate surface area is 337 Å². The maximum Gasteiger partial charge on any atom is 0.0640 e. The third-order valence-electron chi connectivity index (χ3n) is 12.2. The van der Waals surface area contributed by atoms with Gasteiger partial charge in [0.15, 0.2) is 0 Å². The maximum absolute atomic E-state index is 2.47. The summed E-state index contributed by atoms with van der Waals surface area (Å²) in [6, 6.07) is 73.7. The molecule has 0 aliphatic carbocycles. The lowest BCUT2D eigenvalue weighted by molar-refractivity contribution is 1.17. The van der Waals surface area contributed by atoms with Gasteiger partial charge in [-0.15, -0.1) is 11.3 Å². The average molecular weight is 756 g/mol. The molecule has 0 amide bonds. The van der Waals surface area contributed by atoms with Gasteiger partial charge in [0.25, 0.3) is 0 Å². The maximum atomic E-state index is 2.47. The minimum Gasteiger partial charge on any atom is -0.309 e. The predicted molar refractivity (Wildman–Crippen MR) is 248 cm³/mol. The molecule has 4 aromatic heterocycles. The molecule has 4 heterocycles. The molecule has 4 heteroatoms. The summed E-state index contributed by atoms with van der Waals surface area (Å²) in [4.78, 5) is 0. The lowest BCUT2D eigenvalue weighted by Crippen LogP contribution is -1.96. The van der Waals surface area contributed by atoms with Crippen molar-refractivity contribution < 1.29 is 0 Å². The first kappa shape index (κ1) is 31.8. The van der Waals surface area contributed by atoms with Crippen LogP contribution < -0.4 is 0 Å². The highest BCUT2D eigenvalue weighted by atomic mass is 32.1. The zero-order chi connectivity index (χ0) is 37.9. The van der Waals surface area contributed by atoms with Crippen molar-refractivity contribution in [1.82, 2.24) is 13.7 Å². The van der Waals surface area contributed by atoms with Gasteiger partial charge < -0.3 is 13.7 Å². The topological polar surface area (TPSA) is 14.8 Å². The molecule has 13 rings (SSSR count). The van der Waals surface area contributed by atoms with Crippen LogP contribution in [0.3, 0.4) is 0 Å². The van der Waals surface area contributed by atoms with Crippen LogP contribution in [0.2, 0.25) is 0 Å². The summed E-state index contributed by atoms with van der Waals surface area (Å²) in [5, 5.41) is 10.1. The van der Waals surface area contributed by atoms with Gasteiger partial charge in [-0.2, -0.15) is 0 Å². The van der Waals surface area contributed by atoms with Crippen LogP contribution in [-0.4, -0.2) is 13.7 Å². The first-order chi connectivity index (χ1) is 28.8. The summed E-state index contributed by atoms with van der Waals surface area (Å²) in [6.45, 7) is 0. The van der Waals surface area contributed by atoms with E-state index in [-0.39, 0.29) is 0 Å². The quantitative estimate of drug-likeness (QED) is 0.170. The highest BCUT2D eigenvalue weighted by Crippen LogP contribution is 2.43. The number of nitrogens with zero attached hydrogens (tertiary/aromatic N) is 3. The summed E-state index contributed by atoms with van der Waals surface area (Å²) in [6.07, 6.45) is 0. The SMILES string of the molecule is c1ccc(-n2c3ccccc3c3cc(-c4ccc5c6ccccc6n(-c6ccc7c(c6)c6ccccc6n7-c6cccc7c6sc6ccccc67)c5c4)ccc32)cc1. The molecule has 270 valence electrons. The first-order valence-corrected chi connectivity index (χ1v) is 20.7. The minimum atomic E-state index is 1.15. The van der Waals surface area contributed by atoms with E-state index in [0.29, 0.717) is 0 Å². The van der Waals surface area contributed by atoms with Crippen molar-refractivity contribution in [2.45, 2.75) is 0 Å². The monoisotopic (exact) mass is 755 g/mol. The lowest BCUT2D eigenvalue weighted by atomic mass is 10.0. The fourth-order valence-electron chi connectivity index (χ4n) is 9.70. The van der Waals surface area contributed by atoms with Gasteiger partial charge in [0.1, 0.15) is 0 Å². The van der Waals surface area contributed by atoms with Crippen molar-refractivity contribution in [3.63, 3.8) is 0 Å². The van der Waals surface area contributed by atoms with Crippen LogP contribution in [0.4, 0.5) is 0 Å². The van der Waals surface area contributed by atoms with Gasteiger partial charge in [-0.25, -0.2) is 0 Å². The summed E-state index contributed by atoms with van der Waals surface area (Å²) >= 11 is 1.88. The smallest absolute Gasteiger partial charge is 0.0640 e. The highest BCUT2D eigenvalue weighted by molar-refractivity contribution is 7.26. The highest BCUT2D eigenvalue weighted by Gasteiger charge is 2.20. The number of hydrogen-bond acceptors (Lipinski definition) is 1. The average Bonchev–Trinajstić information content (AvgIpc) is 4.02. The van der Waals surface area contributed by atoms with E-state index in [1.807, 2.05) is 11.3 Å². The normalized spacial score (nSPS) is 12.1. The van der Waals surface area contributed by atoms with Gasteiger partial charge in [0.2, 0.25) is 0 Å².